The quantitative estimate of drug-likeness (QED) is 0.525. The summed E-state index contributed by atoms with van der Waals surface area (Å²) >= 11 is 0. The van der Waals surface area contributed by atoms with Crippen LogP contribution in [0.2, 0.25) is 0 Å². The van der Waals surface area contributed by atoms with Crippen molar-refractivity contribution < 1.29 is 22.9 Å². The Morgan fingerprint density at radius 3 is 2.19 bits per heavy atom. The maximum Gasteiger partial charge on any atom is 0.289 e. The molecule has 1 fully saturated rings. The molecule has 11 heteroatoms. The van der Waals surface area contributed by atoms with Crippen LogP contribution >= 0.6 is 0 Å². The lowest BCUT2D eigenvalue weighted by Crippen LogP contribution is -2.55. The highest BCUT2D eigenvalue weighted by molar-refractivity contribution is 7.89. The lowest BCUT2D eigenvalue weighted by molar-refractivity contribution is -0.387. The van der Waals surface area contributed by atoms with E-state index in [1.54, 1.807) is 37.3 Å². The van der Waals surface area contributed by atoms with Crippen LogP contribution in [0.5, 0.6) is 0 Å². The number of nitrogens with one attached hydrogen (secondary N) is 1. The fraction of sp³-hybridized carbons (Fsp3) is 0.300. The first kappa shape index (κ1) is 22.4. The highest BCUT2D eigenvalue weighted by Gasteiger charge is 2.35. The molecule has 0 radical (unpaired) electrons. The van der Waals surface area contributed by atoms with E-state index in [2.05, 4.69) is 5.32 Å². The van der Waals surface area contributed by atoms with Crippen molar-refractivity contribution in [1.29, 1.82) is 0 Å². The standard InChI is InChI=1S/C20H22N4O6S/c1-15(21-19(25)16-7-3-2-4-8-16)20(26)22-11-13-23(14-12-22)31(29,30)18-10-6-5-9-17(18)24(27)28/h2-10,15H,11-14H2,1H3,(H,21,25)/t15-/m0/s1. The van der Waals surface area contributed by atoms with E-state index < -0.39 is 26.7 Å². The van der Waals surface area contributed by atoms with E-state index in [0.29, 0.717) is 5.56 Å². The summed E-state index contributed by atoms with van der Waals surface area (Å²) in [6, 6.07) is 12.9. The molecule has 1 saturated heterocycles. The van der Waals surface area contributed by atoms with Gasteiger partial charge in [0.15, 0.2) is 4.90 Å². The molecule has 0 spiro atoms. The van der Waals surface area contributed by atoms with E-state index in [9.17, 15) is 28.1 Å². The van der Waals surface area contributed by atoms with Gasteiger partial charge in [0, 0.05) is 37.8 Å². The molecule has 0 bridgehead atoms. The zero-order chi connectivity index (χ0) is 22.6. The van der Waals surface area contributed by atoms with Crippen molar-refractivity contribution in [2.45, 2.75) is 17.9 Å². The number of nitro groups is 1. The molecule has 1 heterocycles. The third-order valence-corrected chi connectivity index (χ3v) is 6.93. The molecule has 0 aromatic heterocycles. The number of piperazine rings is 1. The van der Waals surface area contributed by atoms with Crippen LogP contribution in [0, 0.1) is 10.1 Å². The molecule has 31 heavy (non-hydrogen) atoms. The third kappa shape index (κ3) is 4.89. The summed E-state index contributed by atoms with van der Waals surface area (Å²) in [5, 5.41) is 13.8. The lowest BCUT2D eigenvalue weighted by atomic mass is 10.2. The Morgan fingerprint density at radius 2 is 1.58 bits per heavy atom. The van der Waals surface area contributed by atoms with Crippen molar-refractivity contribution in [1.82, 2.24) is 14.5 Å². The Morgan fingerprint density at radius 1 is 1.00 bits per heavy atom. The fourth-order valence-electron chi connectivity index (χ4n) is 3.32. The number of hydrogen-bond donors (Lipinski definition) is 1. The molecule has 10 nitrogen and oxygen atoms in total. The van der Waals surface area contributed by atoms with Crippen molar-refractivity contribution in [3.8, 4) is 0 Å². The zero-order valence-corrected chi connectivity index (χ0v) is 17.6. The van der Waals surface area contributed by atoms with Gasteiger partial charge in [0.1, 0.15) is 6.04 Å². The second kappa shape index (κ2) is 9.23. The number of rotatable bonds is 6. The maximum absolute atomic E-state index is 12.9. The van der Waals surface area contributed by atoms with Gasteiger partial charge in [-0.2, -0.15) is 4.31 Å². The van der Waals surface area contributed by atoms with E-state index in [1.807, 2.05) is 0 Å². The minimum absolute atomic E-state index is 0.000522. The van der Waals surface area contributed by atoms with Crippen LogP contribution < -0.4 is 5.32 Å². The smallest absolute Gasteiger partial charge is 0.289 e. The number of benzene rings is 2. The normalized spacial score (nSPS) is 15.8. The summed E-state index contributed by atoms with van der Waals surface area (Å²) < 4.78 is 26.9. The number of carbonyl (C=O) groups excluding carboxylic acids is 2. The molecule has 2 amide bonds. The van der Waals surface area contributed by atoms with Crippen molar-refractivity contribution in [2.24, 2.45) is 0 Å². The van der Waals surface area contributed by atoms with Crippen LogP contribution in [0.25, 0.3) is 0 Å². The predicted octanol–water partition coefficient (Wildman–Crippen LogP) is 1.25. The predicted molar refractivity (Wildman–Crippen MR) is 112 cm³/mol. The van der Waals surface area contributed by atoms with Crippen LogP contribution in [0.15, 0.2) is 59.5 Å². The van der Waals surface area contributed by atoms with Crippen molar-refractivity contribution in [2.75, 3.05) is 26.2 Å². The van der Waals surface area contributed by atoms with E-state index in [1.165, 1.54) is 23.1 Å². The van der Waals surface area contributed by atoms with Gasteiger partial charge in [0.2, 0.25) is 15.9 Å². The molecular formula is C20H22N4O6S. The number of hydrogen-bond acceptors (Lipinski definition) is 6. The number of para-hydroxylation sites is 1. The van der Waals surface area contributed by atoms with Gasteiger partial charge in [-0.05, 0) is 25.1 Å². The van der Waals surface area contributed by atoms with E-state index in [4.69, 9.17) is 0 Å². The van der Waals surface area contributed by atoms with Gasteiger partial charge in [0.05, 0.1) is 4.92 Å². The minimum atomic E-state index is -4.08. The number of nitro benzene ring substituents is 1. The van der Waals surface area contributed by atoms with Crippen LogP contribution in [-0.2, 0) is 14.8 Å². The second-order valence-corrected chi connectivity index (χ2v) is 8.92. The number of amides is 2. The van der Waals surface area contributed by atoms with Crippen molar-refractivity contribution in [3.05, 3.63) is 70.3 Å². The largest absolute Gasteiger partial charge is 0.341 e. The van der Waals surface area contributed by atoms with Gasteiger partial charge < -0.3 is 10.2 Å². The van der Waals surface area contributed by atoms with Crippen LogP contribution in [0.4, 0.5) is 5.69 Å². The van der Waals surface area contributed by atoms with Crippen molar-refractivity contribution in [3.63, 3.8) is 0 Å². The van der Waals surface area contributed by atoms with E-state index >= 15 is 0 Å². The molecular weight excluding hydrogens is 424 g/mol. The lowest BCUT2D eigenvalue weighted by Gasteiger charge is -2.35. The van der Waals surface area contributed by atoms with E-state index in [0.717, 1.165) is 10.4 Å². The number of carbonyl (C=O) groups is 2. The third-order valence-electron chi connectivity index (χ3n) is 4.98. The Labute approximate surface area is 179 Å². The maximum atomic E-state index is 12.9. The first-order chi connectivity index (χ1) is 14.7. The number of nitrogens with zero attached hydrogens (tertiary/aromatic N) is 3. The number of sulfonamides is 1. The molecule has 0 saturated carbocycles. The van der Waals surface area contributed by atoms with Gasteiger partial charge in [-0.25, -0.2) is 8.42 Å². The summed E-state index contributed by atoms with van der Waals surface area (Å²) in [7, 11) is -4.08. The molecule has 164 valence electrons. The average Bonchev–Trinajstić information content (AvgIpc) is 2.79. The van der Waals surface area contributed by atoms with Gasteiger partial charge in [-0.1, -0.05) is 30.3 Å². The van der Waals surface area contributed by atoms with E-state index in [-0.39, 0.29) is 42.9 Å². The van der Waals surface area contributed by atoms with Gasteiger partial charge in [0.25, 0.3) is 11.6 Å². The summed E-state index contributed by atoms with van der Waals surface area (Å²) in [4.78, 5) is 36.5. The minimum Gasteiger partial charge on any atom is -0.341 e. The Hall–Kier alpha value is -3.31. The molecule has 2 aromatic rings. The van der Waals surface area contributed by atoms with Crippen LogP contribution in [-0.4, -0.2) is 66.6 Å². The Bertz CT molecular complexity index is 1080. The summed E-state index contributed by atoms with van der Waals surface area (Å²) in [6.07, 6.45) is 0. The van der Waals surface area contributed by atoms with Gasteiger partial charge in [-0.3, -0.25) is 19.7 Å². The molecule has 1 aliphatic heterocycles. The van der Waals surface area contributed by atoms with Crippen LogP contribution in [0.1, 0.15) is 17.3 Å². The molecule has 2 aromatic carbocycles. The SMILES string of the molecule is C[C@H](NC(=O)c1ccccc1)C(=O)N1CCN(S(=O)(=O)c2ccccc2[N+](=O)[O-])CC1. The Balaban J connectivity index is 1.63. The molecule has 1 aliphatic rings. The fourth-order valence-corrected chi connectivity index (χ4v) is 4.90. The topological polar surface area (TPSA) is 130 Å². The highest BCUT2D eigenvalue weighted by Crippen LogP contribution is 2.27. The average molecular weight is 446 g/mol. The highest BCUT2D eigenvalue weighted by atomic mass is 32.2. The van der Waals surface area contributed by atoms with Gasteiger partial charge >= 0.3 is 0 Å². The molecule has 1 N–H and O–H groups in total. The first-order valence-electron chi connectivity index (χ1n) is 9.60. The Kier molecular flexibility index (Phi) is 6.66. The first-order valence-corrected chi connectivity index (χ1v) is 11.0. The molecule has 0 unspecified atom stereocenters. The van der Waals surface area contributed by atoms with Crippen molar-refractivity contribution >= 4 is 27.5 Å². The second-order valence-electron chi connectivity index (χ2n) is 7.02. The van der Waals surface area contributed by atoms with Gasteiger partial charge in [-0.15, -0.1) is 0 Å². The summed E-state index contributed by atoms with van der Waals surface area (Å²) in [5.74, 6) is -0.703. The monoisotopic (exact) mass is 446 g/mol. The summed E-state index contributed by atoms with van der Waals surface area (Å²) in [6.45, 7) is 1.80. The molecule has 1 atom stereocenters. The zero-order valence-electron chi connectivity index (χ0n) is 16.8. The molecule has 0 aliphatic carbocycles. The van der Waals surface area contributed by atoms with Crippen LogP contribution in [0.3, 0.4) is 0 Å². The summed E-state index contributed by atoms with van der Waals surface area (Å²) in [5.41, 5.74) is -0.0548. The molecule has 3 rings (SSSR count).